The van der Waals surface area contributed by atoms with Crippen LogP contribution in [0.2, 0.25) is 12.1 Å². The van der Waals surface area contributed by atoms with E-state index >= 15 is 0 Å². The topological polar surface area (TPSA) is 9.23 Å². The Morgan fingerprint density at radius 2 is 1.52 bits per heavy atom. The number of hydrogen-bond donors (Lipinski definition) is 0. The van der Waals surface area contributed by atoms with Gasteiger partial charge < -0.3 is 4.43 Å². The zero-order valence-electron chi connectivity index (χ0n) is 13.4. The molecule has 2 aromatic carbocycles. The molecule has 2 aromatic rings. The van der Waals surface area contributed by atoms with Crippen LogP contribution in [0.5, 0.6) is 0 Å². The second kappa shape index (κ2) is 5.43. The minimum atomic E-state index is -1.79. The van der Waals surface area contributed by atoms with Crippen molar-refractivity contribution < 1.29 is 4.43 Å². The zero-order valence-corrected chi connectivity index (χ0v) is 14.4. The van der Waals surface area contributed by atoms with E-state index in [2.05, 4.69) is 70.2 Å². The molecule has 1 nitrogen and oxygen atoms in total. The smallest absolute Gasteiger partial charge is 0.225 e. The molecule has 0 amide bonds. The Kier molecular flexibility index (Phi) is 3.76. The van der Waals surface area contributed by atoms with E-state index in [1.54, 1.807) is 0 Å². The Bertz CT molecular complexity index is 641. The molecule has 1 unspecified atom stereocenters. The van der Waals surface area contributed by atoms with Crippen molar-refractivity contribution in [2.24, 2.45) is 0 Å². The molecule has 3 rings (SSSR count). The molecule has 21 heavy (non-hydrogen) atoms. The number of aryl methyl sites for hydroxylation is 2. The van der Waals surface area contributed by atoms with Gasteiger partial charge in [-0.05, 0) is 42.2 Å². The Morgan fingerprint density at radius 1 is 0.905 bits per heavy atom. The molecule has 0 fully saturated rings. The molecule has 0 aromatic heterocycles. The maximum Gasteiger partial charge on any atom is 0.225 e. The Balaban J connectivity index is 2.12. The lowest BCUT2D eigenvalue weighted by Crippen LogP contribution is -2.45. The summed E-state index contributed by atoms with van der Waals surface area (Å²) >= 11 is 0. The average molecular weight is 296 g/mol. The molecule has 0 aliphatic carbocycles. The third-order valence-electron chi connectivity index (χ3n) is 4.85. The van der Waals surface area contributed by atoms with Gasteiger partial charge >= 0.3 is 0 Å². The summed E-state index contributed by atoms with van der Waals surface area (Å²) in [4.78, 5) is 0. The van der Waals surface area contributed by atoms with E-state index in [0.717, 1.165) is 12.1 Å². The Labute approximate surface area is 129 Å². The van der Waals surface area contributed by atoms with E-state index in [1.807, 2.05) is 0 Å². The molecule has 110 valence electrons. The Morgan fingerprint density at radius 3 is 2.14 bits per heavy atom. The third kappa shape index (κ3) is 2.37. The summed E-state index contributed by atoms with van der Waals surface area (Å²) in [5.41, 5.74) is 5.35. The van der Waals surface area contributed by atoms with Gasteiger partial charge in [-0.3, -0.25) is 0 Å². The van der Waals surface area contributed by atoms with Crippen molar-refractivity contribution in [3.8, 4) is 0 Å². The molecule has 0 spiro atoms. The van der Waals surface area contributed by atoms with E-state index in [9.17, 15) is 0 Å². The number of rotatable bonds is 3. The molecule has 1 atom stereocenters. The molecular weight excluding hydrogens is 272 g/mol. The van der Waals surface area contributed by atoms with Crippen molar-refractivity contribution in [1.82, 2.24) is 0 Å². The largest absolute Gasteiger partial charge is 0.401 e. The predicted octanol–water partition coefficient (Wildman–Crippen LogP) is 4.62. The van der Waals surface area contributed by atoms with Gasteiger partial charge in [0.25, 0.3) is 0 Å². The van der Waals surface area contributed by atoms with Crippen LogP contribution in [-0.4, -0.2) is 8.32 Å². The van der Waals surface area contributed by atoms with Crippen molar-refractivity contribution in [2.75, 3.05) is 0 Å². The predicted molar refractivity (Wildman–Crippen MR) is 91.6 cm³/mol. The van der Waals surface area contributed by atoms with Crippen molar-refractivity contribution in [3.05, 3.63) is 64.7 Å². The van der Waals surface area contributed by atoms with Gasteiger partial charge in [0.05, 0.1) is 6.10 Å². The standard InChI is InChI=1S/C19H24OSi/c1-5-21(6-2)18-13-15(4)9-12-17(18)19(20-21)16-10-7-14(3)8-11-16/h7-13,19H,5-6H2,1-4H3. The van der Waals surface area contributed by atoms with Crippen LogP contribution in [0.1, 0.15) is 42.2 Å². The summed E-state index contributed by atoms with van der Waals surface area (Å²) < 4.78 is 6.74. The van der Waals surface area contributed by atoms with Crippen molar-refractivity contribution >= 4 is 13.5 Å². The first-order chi connectivity index (χ1) is 10.1. The van der Waals surface area contributed by atoms with Crippen LogP contribution in [-0.2, 0) is 4.43 Å². The van der Waals surface area contributed by atoms with Crippen LogP contribution < -0.4 is 5.19 Å². The molecule has 0 bridgehead atoms. The van der Waals surface area contributed by atoms with Crippen LogP contribution in [0.3, 0.4) is 0 Å². The maximum atomic E-state index is 6.74. The Hall–Kier alpha value is -1.38. The molecule has 0 saturated heterocycles. The van der Waals surface area contributed by atoms with Gasteiger partial charge in [-0.1, -0.05) is 67.4 Å². The van der Waals surface area contributed by atoms with Crippen molar-refractivity contribution in [1.29, 1.82) is 0 Å². The van der Waals surface area contributed by atoms with Gasteiger partial charge in [-0.15, -0.1) is 0 Å². The van der Waals surface area contributed by atoms with Gasteiger partial charge in [0.2, 0.25) is 8.32 Å². The first kappa shape index (κ1) is 14.5. The summed E-state index contributed by atoms with van der Waals surface area (Å²) in [6.07, 6.45) is 0.132. The number of hydrogen-bond acceptors (Lipinski definition) is 1. The lowest BCUT2D eigenvalue weighted by atomic mass is 10.00. The number of benzene rings is 2. The van der Waals surface area contributed by atoms with Crippen molar-refractivity contribution in [3.63, 3.8) is 0 Å². The molecule has 1 aliphatic heterocycles. The second-order valence-electron chi connectivity index (χ2n) is 6.20. The average Bonchev–Trinajstić information content (AvgIpc) is 2.82. The summed E-state index contributed by atoms with van der Waals surface area (Å²) in [6.45, 7) is 8.90. The first-order valence-electron chi connectivity index (χ1n) is 7.95. The fraction of sp³-hybridized carbons (Fsp3) is 0.368. The minimum Gasteiger partial charge on any atom is -0.401 e. The lowest BCUT2D eigenvalue weighted by molar-refractivity contribution is 0.253. The van der Waals surface area contributed by atoms with Crippen LogP contribution in [0.15, 0.2) is 42.5 Å². The summed E-state index contributed by atoms with van der Waals surface area (Å²) in [6, 6.07) is 18.0. The van der Waals surface area contributed by atoms with Gasteiger partial charge in [0.1, 0.15) is 0 Å². The zero-order chi connectivity index (χ0) is 15.0. The maximum absolute atomic E-state index is 6.74. The van der Waals surface area contributed by atoms with Crippen LogP contribution in [0.4, 0.5) is 0 Å². The van der Waals surface area contributed by atoms with E-state index in [1.165, 1.54) is 27.4 Å². The van der Waals surface area contributed by atoms with Gasteiger partial charge in [-0.25, -0.2) is 0 Å². The number of fused-ring (bicyclic) bond motifs is 1. The summed E-state index contributed by atoms with van der Waals surface area (Å²) in [5, 5.41) is 1.53. The SMILES string of the molecule is CC[Si]1(CC)OC(c2ccc(C)cc2)c2ccc(C)cc21. The molecule has 1 heterocycles. The van der Waals surface area contributed by atoms with E-state index in [0.29, 0.717) is 0 Å². The quantitative estimate of drug-likeness (QED) is 0.751. The van der Waals surface area contributed by atoms with Gasteiger partial charge in [-0.2, -0.15) is 0 Å². The molecule has 2 heteroatoms. The summed E-state index contributed by atoms with van der Waals surface area (Å²) in [7, 11) is -1.79. The van der Waals surface area contributed by atoms with E-state index in [-0.39, 0.29) is 6.10 Å². The molecule has 0 radical (unpaired) electrons. The highest BCUT2D eigenvalue weighted by molar-refractivity contribution is 6.87. The van der Waals surface area contributed by atoms with Crippen molar-refractivity contribution in [2.45, 2.75) is 45.9 Å². The fourth-order valence-electron chi connectivity index (χ4n) is 3.43. The fourth-order valence-corrected chi connectivity index (χ4v) is 7.10. The minimum absolute atomic E-state index is 0.132. The van der Waals surface area contributed by atoms with Gasteiger partial charge in [0, 0.05) is 0 Å². The first-order valence-corrected chi connectivity index (χ1v) is 10.3. The monoisotopic (exact) mass is 296 g/mol. The normalized spacial score (nSPS) is 19.5. The van der Waals surface area contributed by atoms with Crippen LogP contribution in [0.25, 0.3) is 0 Å². The highest BCUT2D eigenvalue weighted by atomic mass is 28.4. The van der Waals surface area contributed by atoms with Crippen LogP contribution in [0, 0.1) is 13.8 Å². The lowest BCUT2D eigenvalue weighted by Gasteiger charge is -2.25. The third-order valence-corrected chi connectivity index (χ3v) is 9.23. The molecule has 1 aliphatic rings. The summed E-state index contributed by atoms with van der Waals surface area (Å²) in [5.74, 6) is 0. The second-order valence-corrected chi connectivity index (χ2v) is 10.4. The molecule has 0 saturated carbocycles. The highest BCUT2D eigenvalue weighted by Crippen LogP contribution is 2.38. The van der Waals surface area contributed by atoms with E-state index in [4.69, 9.17) is 4.43 Å². The highest BCUT2D eigenvalue weighted by Gasteiger charge is 2.45. The van der Waals surface area contributed by atoms with Crippen LogP contribution >= 0.6 is 0 Å². The van der Waals surface area contributed by atoms with Gasteiger partial charge in [0.15, 0.2) is 0 Å². The molecular formula is C19H24OSi. The van der Waals surface area contributed by atoms with E-state index < -0.39 is 8.32 Å². The molecule has 0 N–H and O–H groups in total.